The van der Waals surface area contributed by atoms with Crippen LogP contribution in [0.2, 0.25) is 5.02 Å². The highest BCUT2D eigenvalue weighted by Gasteiger charge is 2.35. The van der Waals surface area contributed by atoms with Crippen molar-refractivity contribution in [1.29, 1.82) is 0 Å². The Bertz CT molecular complexity index is 709. The second kappa shape index (κ2) is 5.64. The van der Waals surface area contributed by atoms with E-state index in [0.29, 0.717) is 24.0 Å². The molecule has 0 radical (unpaired) electrons. The van der Waals surface area contributed by atoms with Crippen molar-refractivity contribution in [2.75, 3.05) is 13.1 Å². The number of hydrogen-bond acceptors (Lipinski definition) is 6. The number of carbonyl (C=O) groups is 1. The highest BCUT2D eigenvalue weighted by Crippen LogP contribution is 2.22. The molecule has 3 rings (SSSR count). The molecule has 0 saturated carbocycles. The van der Waals surface area contributed by atoms with E-state index in [1.807, 2.05) is 0 Å². The molecule has 2 aromatic heterocycles. The average molecular weight is 324 g/mol. The zero-order chi connectivity index (χ0) is 15.7. The van der Waals surface area contributed by atoms with Gasteiger partial charge in [0.05, 0.1) is 24.2 Å². The van der Waals surface area contributed by atoms with Crippen LogP contribution in [0.3, 0.4) is 0 Å². The lowest BCUT2D eigenvalue weighted by atomic mass is 10.1. The van der Waals surface area contributed by atoms with Crippen molar-refractivity contribution in [2.45, 2.75) is 6.10 Å². The molecular formula is C13H10ClN3O5. The quantitative estimate of drug-likeness (QED) is 0.631. The Balaban J connectivity index is 1.55. The van der Waals surface area contributed by atoms with Crippen LogP contribution in [0.4, 0.5) is 5.88 Å². The molecule has 22 heavy (non-hydrogen) atoms. The van der Waals surface area contributed by atoms with Crippen molar-refractivity contribution in [3.63, 3.8) is 0 Å². The highest BCUT2D eigenvalue weighted by molar-refractivity contribution is 6.30. The number of ether oxygens (including phenoxy) is 1. The number of rotatable bonds is 4. The molecule has 9 heteroatoms. The summed E-state index contributed by atoms with van der Waals surface area (Å²) in [5.41, 5.74) is 0. The van der Waals surface area contributed by atoms with Crippen molar-refractivity contribution >= 4 is 23.4 Å². The minimum atomic E-state index is -0.689. The lowest BCUT2D eigenvalue weighted by molar-refractivity contribution is -0.402. The Labute approximate surface area is 129 Å². The van der Waals surface area contributed by atoms with Crippen LogP contribution in [0.25, 0.3) is 0 Å². The normalized spacial score (nSPS) is 14.5. The number of amides is 1. The first kappa shape index (κ1) is 14.3. The summed E-state index contributed by atoms with van der Waals surface area (Å²) in [5, 5.41) is 11.0. The predicted molar refractivity (Wildman–Crippen MR) is 74.9 cm³/mol. The van der Waals surface area contributed by atoms with E-state index >= 15 is 0 Å². The van der Waals surface area contributed by atoms with Gasteiger partial charge in [-0.2, -0.15) is 0 Å². The van der Waals surface area contributed by atoms with Gasteiger partial charge in [-0.25, -0.2) is 4.98 Å². The van der Waals surface area contributed by atoms with Crippen LogP contribution in [0.1, 0.15) is 10.6 Å². The molecule has 1 aliphatic heterocycles. The molecule has 1 saturated heterocycles. The van der Waals surface area contributed by atoms with Crippen molar-refractivity contribution in [1.82, 2.24) is 9.88 Å². The third-order valence-corrected chi connectivity index (χ3v) is 3.33. The van der Waals surface area contributed by atoms with Crippen LogP contribution >= 0.6 is 11.6 Å². The number of likely N-dealkylation sites (tertiary alicyclic amines) is 1. The third kappa shape index (κ3) is 2.86. The standard InChI is InChI=1S/C13H10ClN3O5/c14-8-1-3-11(15-5-8)21-9-6-16(7-9)13(18)10-2-4-12(22-10)17(19)20/h1-5,9H,6-7H2. The van der Waals surface area contributed by atoms with E-state index in [0.717, 1.165) is 6.07 Å². The molecule has 0 spiro atoms. The predicted octanol–water partition coefficient (Wildman–Crippen LogP) is 2.14. The lowest BCUT2D eigenvalue weighted by Crippen LogP contribution is -2.56. The first-order chi connectivity index (χ1) is 10.5. The van der Waals surface area contributed by atoms with Gasteiger partial charge < -0.3 is 14.1 Å². The Kier molecular flexibility index (Phi) is 3.68. The van der Waals surface area contributed by atoms with Crippen LogP contribution in [0, 0.1) is 10.1 Å². The molecule has 0 N–H and O–H groups in total. The van der Waals surface area contributed by atoms with E-state index in [2.05, 4.69) is 4.98 Å². The number of nitro groups is 1. The molecule has 1 fully saturated rings. The first-order valence-electron chi connectivity index (χ1n) is 6.34. The number of hydrogen-bond donors (Lipinski definition) is 0. The summed E-state index contributed by atoms with van der Waals surface area (Å²) >= 11 is 5.72. The topological polar surface area (TPSA) is 98.7 Å². The van der Waals surface area contributed by atoms with Gasteiger partial charge in [0.2, 0.25) is 5.88 Å². The summed E-state index contributed by atoms with van der Waals surface area (Å²) in [5.74, 6) is -0.496. The summed E-state index contributed by atoms with van der Waals surface area (Å²) in [6.07, 6.45) is 1.29. The SMILES string of the molecule is O=C(c1ccc([N+](=O)[O-])o1)N1CC(Oc2ccc(Cl)cn2)C1. The van der Waals surface area contributed by atoms with Gasteiger partial charge in [0.15, 0.2) is 5.76 Å². The van der Waals surface area contributed by atoms with Gasteiger partial charge in [-0.15, -0.1) is 0 Å². The fourth-order valence-electron chi connectivity index (χ4n) is 1.98. The highest BCUT2D eigenvalue weighted by atomic mass is 35.5. The maximum absolute atomic E-state index is 12.0. The van der Waals surface area contributed by atoms with Crippen molar-refractivity contribution in [2.24, 2.45) is 0 Å². The largest absolute Gasteiger partial charge is 0.471 e. The monoisotopic (exact) mass is 323 g/mol. The zero-order valence-electron chi connectivity index (χ0n) is 11.1. The zero-order valence-corrected chi connectivity index (χ0v) is 11.9. The summed E-state index contributed by atoms with van der Waals surface area (Å²) < 4.78 is 10.4. The van der Waals surface area contributed by atoms with Gasteiger partial charge in [0.25, 0.3) is 5.91 Å². The lowest BCUT2D eigenvalue weighted by Gasteiger charge is -2.37. The number of aromatic nitrogens is 1. The van der Waals surface area contributed by atoms with Crippen LogP contribution in [-0.2, 0) is 0 Å². The smallest absolute Gasteiger partial charge is 0.433 e. The molecule has 114 valence electrons. The molecular weight excluding hydrogens is 314 g/mol. The molecule has 0 unspecified atom stereocenters. The molecule has 0 aromatic carbocycles. The minimum Gasteiger partial charge on any atom is -0.471 e. The van der Waals surface area contributed by atoms with Crippen LogP contribution < -0.4 is 4.74 Å². The van der Waals surface area contributed by atoms with Crippen molar-refractivity contribution < 1.29 is 18.9 Å². The Hall–Kier alpha value is -2.61. The van der Waals surface area contributed by atoms with E-state index in [1.165, 1.54) is 17.2 Å². The fourth-order valence-corrected chi connectivity index (χ4v) is 2.09. The van der Waals surface area contributed by atoms with Gasteiger partial charge >= 0.3 is 5.88 Å². The number of carbonyl (C=O) groups excluding carboxylic acids is 1. The third-order valence-electron chi connectivity index (χ3n) is 3.11. The van der Waals surface area contributed by atoms with E-state index < -0.39 is 16.7 Å². The molecule has 0 atom stereocenters. The molecule has 1 aliphatic rings. The van der Waals surface area contributed by atoms with E-state index in [9.17, 15) is 14.9 Å². The summed E-state index contributed by atoms with van der Waals surface area (Å²) in [6.45, 7) is 0.718. The van der Waals surface area contributed by atoms with Crippen LogP contribution in [-0.4, -0.2) is 39.9 Å². The summed E-state index contributed by atoms with van der Waals surface area (Å²) in [7, 11) is 0. The molecule has 0 bridgehead atoms. The summed E-state index contributed by atoms with van der Waals surface area (Å²) in [6, 6.07) is 5.74. The van der Waals surface area contributed by atoms with Crippen molar-refractivity contribution in [3.8, 4) is 5.88 Å². The average Bonchev–Trinajstić information content (AvgIpc) is 2.93. The van der Waals surface area contributed by atoms with Gasteiger partial charge in [-0.1, -0.05) is 11.6 Å². The number of halogens is 1. The van der Waals surface area contributed by atoms with Crippen LogP contribution in [0.15, 0.2) is 34.9 Å². The maximum atomic E-state index is 12.0. The van der Waals surface area contributed by atoms with E-state index in [4.69, 9.17) is 20.8 Å². The Morgan fingerprint density at radius 1 is 1.41 bits per heavy atom. The second-order valence-electron chi connectivity index (χ2n) is 4.66. The van der Waals surface area contributed by atoms with Gasteiger partial charge in [-0.05, 0) is 12.1 Å². The Morgan fingerprint density at radius 2 is 2.18 bits per heavy atom. The van der Waals surface area contributed by atoms with Gasteiger partial charge in [0, 0.05) is 12.3 Å². The van der Waals surface area contributed by atoms with Gasteiger partial charge in [0.1, 0.15) is 11.0 Å². The van der Waals surface area contributed by atoms with Gasteiger partial charge in [-0.3, -0.25) is 14.9 Å². The first-order valence-corrected chi connectivity index (χ1v) is 6.72. The Morgan fingerprint density at radius 3 is 2.77 bits per heavy atom. The molecule has 3 heterocycles. The fraction of sp³-hybridized carbons (Fsp3) is 0.231. The molecule has 8 nitrogen and oxygen atoms in total. The van der Waals surface area contributed by atoms with E-state index in [-0.39, 0.29) is 11.9 Å². The van der Waals surface area contributed by atoms with E-state index in [1.54, 1.807) is 12.1 Å². The summed E-state index contributed by atoms with van der Waals surface area (Å²) in [4.78, 5) is 27.3. The maximum Gasteiger partial charge on any atom is 0.433 e. The number of furan rings is 1. The minimum absolute atomic E-state index is 0.0604. The molecule has 0 aliphatic carbocycles. The van der Waals surface area contributed by atoms with Crippen molar-refractivity contribution in [3.05, 3.63) is 51.4 Å². The number of pyridine rings is 1. The molecule has 2 aromatic rings. The van der Waals surface area contributed by atoms with Crippen LogP contribution in [0.5, 0.6) is 5.88 Å². The number of nitrogens with zero attached hydrogens (tertiary/aromatic N) is 3. The second-order valence-corrected chi connectivity index (χ2v) is 5.10. The molecule has 1 amide bonds.